The second-order valence-electron chi connectivity index (χ2n) is 9.68. The molecule has 8 heteroatoms. The molecule has 186 valence electrons. The quantitative estimate of drug-likeness (QED) is 0.379. The standard InChI is InChI=1S/C27H34ClN5O2/c1-6-7-15-32(26(35)29-21-10-8-9-20(28)16-21)18-25(34)30-24-17-23(27(3,4)5)31-33(24)22-13-11-19(2)12-14-22/h8-14,16-17H,6-7,15,18H2,1-5H3,(H,29,35)(H,30,34). The van der Waals surface area contributed by atoms with Crippen molar-refractivity contribution in [3.05, 3.63) is 70.9 Å². The van der Waals surface area contributed by atoms with Crippen molar-refractivity contribution < 1.29 is 9.59 Å². The van der Waals surface area contributed by atoms with Gasteiger partial charge in [0.25, 0.3) is 0 Å². The van der Waals surface area contributed by atoms with Gasteiger partial charge in [0.1, 0.15) is 12.4 Å². The fourth-order valence-corrected chi connectivity index (χ4v) is 3.64. The average Bonchev–Trinajstić information content (AvgIpc) is 3.21. The largest absolute Gasteiger partial charge is 0.322 e. The summed E-state index contributed by atoms with van der Waals surface area (Å²) < 4.78 is 1.74. The Bertz CT molecular complexity index is 1170. The van der Waals surface area contributed by atoms with E-state index in [1.807, 2.05) is 44.2 Å². The predicted octanol–water partition coefficient (Wildman–Crippen LogP) is 6.40. The van der Waals surface area contributed by atoms with Crippen molar-refractivity contribution in [1.82, 2.24) is 14.7 Å². The number of rotatable bonds is 8. The molecule has 35 heavy (non-hydrogen) atoms. The SMILES string of the molecule is CCCCN(CC(=O)Nc1cc(C(C)(C)C)nn1-c1ccc(C)cc1)C(=O)Nc1cccc(Cl)c1. The lowest BCUT2D eigenvalue weighted by Crippen LogP contribution is -2.41. The van der Waals surface area contributed by atoms with E-state index in [0.29, 0.717) is 23.1 Å². The fraction of sp³-hybridized carbons (Fsp3) is 0.370. The van der Waals surface area contributed by atoms with Gasteiger partial charge in [0.15, 0.2) is 0 Å². The summed E-state index contributed by atoms with van der Waals surface area (Å²) in [6.07, 6.45) is 1.68. The molecule has 0 saturated carbocycles. The number of carbonyl (C=O) groups is 2. The monoisotopic (exact) mass is 495 g/mol. The number of anilines is 2. The first-order chi connectivity index (χ1) is 16.6. The molecule has 7 nitrogen and oxygen atoms in total. The maximum absolute atomic E-state index is 13.1. The zero-order valence-electron chi connectivity index (χ0n) is 21.1. The van der Waals surface area contributed by atoms with E-state index < -0.39 is 0 Å². The second-order valence-corrected chi connectivity index (χ2v) is 10.1. The lowest BCUT2D eigenvalue weighted by atomic mass is 9.92. The van der Waals surface area contributed by atoms with Crippen LogP contribution >= 0.6 is 11.6 Å². The van der Waals surface area contributed by atoms with Crippen molar-refractivity contribution in [2.75, 3.05) is 23.7 Å². The lowest BCUT2D eigenvalue weighted by molar-refractivity contribution is -0.116. The van der Waals surface area contributed by atoms with E-state index in [9.17, 15) is 9.59 Å². The van der Waals surface area contributed by atoms with Crippen LogP contribution in [0.25, 0.3) is 5.69 Å². The second kappa shape index (κ2) is 11.4. The van der Waals surface area contributed by atoms with Gasteiger partial charge in [0.2, 0.25) is 5.91 Å². The number of amides is 3. The van der Waals surface area contributed by atoms with Gasteiger partial charge in [-0.2, -0.15) is 5.10 Å². The minimum atomic E-state index is -0.349. The highest BCUT2D eigenvalue weighted by Gasteiger charge is 2.23. The minimum Gasteiger partial charge on any atom is -0.315 e. The Morgan fingerprint density at radius 1 is 1.06 bits per heavy atom. The molecule has 3 amide bonds. The van der Waals surface area contributed by atoms with Gasteiger partial charge in [-0.3, -0.25) is 4.79 Å². The van der Waals surface area contributed by atoms with Gasteiger partial charge >= 0.3 is 6.03 Å². The van der Waals surface area contributed by atoms with Crippen LogP contribution in [0.3, 0.4) is 0 Å². The Labute approximate surface area is 212 Å². The average molecular weight is 496 g/mol. The van der Waals surface area contributed by atoms with E-state index in [1.165, 1.54) is 4.90 Å². The topological polar surface area (TPSA) is 79.3 Å². The Hall–Kier alpha value is -3.32. The van der Waals surface area contributed by atoms with Crippen LogP contribution in [0, 0.1) is 6.92 Å². The summed E-state index contributed by atoms with van der Waals surface area (Å²) in [6.45, 7) is 10.7. The van der Waals surface area contributed by atoms with Crippen LogP contribution in [0.5, 0.6) is 0 Å². The highest BCUT2D eigenvalue weighted by Crippen LogP contribution is 2.26. The molecular formula is C27H34ClN5O2. The zero-order chi connectivity index (χ0) is 25.6. The number of aryl methyl sites for hydroxylation is 1. The molecule has 0 spiro atoms. The van der Waals surface area contributed by atoms with Gasteiger partial charge in [0.05, 0.1) is 11.4 Å². The third kappa shape index (κ3) is 7.33. The predicted molar refractivity (Wildman–Crippen MR) is 143 cm³/mol. The lowest BCUT2D eigenvalue weighted by Gasteiger charge is -2.22. The molecule has 0 aliphatic heterocycles. The number of carbonyl (C=O) groups excluding carboxylic acids is 2. The summed E-state index contributed by atoms with van der Waals surface area (Å²) in [5.74, 6) is 0.269. The van der Waals surface area contributed by atoms with Crippen LogP contribution in [0.4, 0.5) is 16.3 Å². The molecule has 0 aliphatic rings. The smallest absolute Gasteiger partial charge is 0.315 e. The molecule has 2 aromatic carbocycles. The highest BCUT2D eigenvalue weighted by molar-refractivity contribution is 6.30. The third-order valence-corrected chi connectivity index (χ3v) is 5.74. The minimum absolute atomic E-state index is 0.0870. The van der Waals surface area contributed by atoms with E-state index in [0.717, 1.165) is 29.8 Å². The van der Waals surface area contributed by atoms with Crippen LogP contribution in [0.15, 0.2) is 54.6 Å². The number of urea groups is 1. The molecule has 0 atom stereocenters. The van der Waals surface area contributed by atoms with Crippen LogP contribution in [-0.4, -0.2) is 39.7 Å². The van der Waals surface area contributed by atoms with Crippen molar-refractivity contribution in [3.8, 4) is 5.69 Å². The number of nitrogens with one attached hydrogen (secondary N) is 2. The number of halogens is 1. The first kappa shape index (κ1) is 26.3. The summed E-state index contributed by atoms with van der Waals surface area (Å²) in [5, 5.41) is 11.1. The maximum atomic E-state index is 13.1. The molecule has 0 aliphatic carbocycles. The first-order valence-electron chi connectivity index (χ1n) is 11.9. The van der Waals surface area contributed by atoms with Gasteiger partial charge in [0, 0.05) is 28.7 Å². The fourth-order valence-electron chi connectivity index (χ4n) is 3.45. The molecule has 2 N–H and O–H groups in total. The van der Waals surface area contributed by atoms with E-state index in [1.54, 1.807) is 28.9 Å². The van der Waals surface area contributed by atoms with Crippen LogP contribution < -0.4 is 10.6 Å². The number of hydrogen-bond acceptors (Lipinski definition) is 3. The first-order valence-corrected chi connectivity index (χ1v) is 12.2. The Kier molecular flexibility index (Phi) is 8.57. The van der Waals surface area contributed by atoms with Crippen molar-refractivity contribution in [3.63, 3.8) is 0 Å². The molecule has 1 aromatic heterocycles. The molecule has 1 heterocycles. The summed E-state index contributed by atoms with van der Waals surface area (Å²) in [4.78, 5) is 27.6. The summed E-state index contributed by atoms with van der Waals surface area (Å²) >= 11 is 6.04. The van der Waals surface area contributed by atoms with Gasteiger partial charge < -0.3 is 15.5 Å². The maximum Gasteiger partial charge on any atom is 0.322 e. The van der Waals surface area contributed by atoms with Crippen LogP contribution in [-0.2, 0) is 10.2 Å². The molecule has 3 rings (SSSR count). The third-order valence-electron chi connectivity index (χ3n) is 5.50. The van der Waals surface area contributed by atoms with Gasteiger partial charge in [-0.05, 0) is 43.7 Å². The molecular weight excluding hydrogens is 462 g/mol. The number of nitrogens with zero attached hydrogens (tertiary/aromatic N) is 3. The van der Waals surface area contributed by atoms with Crippen LogP contribution in [0.2, 0.25) is 5.02 Å². The zero-order valence-corrected chi connectivity index (χ0v) is 21.8. The van der Waals surface area contributed by atoms with Crippen molar-refractivity contribution in [1.29, 1.82) is 0 Å². The molecule has 0 fully saturated rings. The van der Waals surface area contributed by atoms with Crippen molar-refractivity contribution in [2.45, 2.75) is 52.9 Å². The van der Waals surface area contributed by atoms with Gasteiger partial charge in [-0.25, -0.2) is 9.48 Å². The van der Waals surface area contributed by atoms with Gasteiger partial charge in [-0.1, -0.05) is 69.5 Å². The number of unbranched alkanes of at least 4 members (excludes halogenated alkanes) is 1. The van der Waals surface area contributed by atoms with E-state index in [4.69, 9.17) is 16.7 Å². The van der Waals surface area contributed by atoms with E-state index >= 15 is 0 Å². The molecule has 0 bridgehead atoms. The summed E-state index contributed by atoms with van der Waals surface area (Å²) in [5.41, 5.74) is 3.23. The van der Waals surface area contributed by atoms with Crippen LogP contribution in [0.1, 0.15) is 51.8 Å². The molecule has 0 radical (unpaired) electrons. The van der Waals surface area contributed by atoms with Crippen molar-refractivity contribution in [2.24, 2.45) is 0 Å². The Morgan fingerprint density at radius 3 is 2.40 bits per heavy atom. The van der Waals surface area contributed by atoms with E-state index in [-0.39, 0.29) is 23.9 Å². The normalized spacial score (nSPS) is 11.3. The summed E-state index contributed by atoms with van der Waals surface area (Å²) in [6, 6.07) is 16.4. The highest BCUT2D eigenvalue weighted by atomic mass is 35.5. The number of aromatic nitrogens is 2. The summed E-state index contributed by atoms with van der Waals surface area (Å²) in [7, 11) is 0. The Morgan fingerprint density at radius 2 is 1.77 bits per heavy atom. The molecule has 3 aromatic rings. The van der Waals surface area contributed by atoms with E-state index in [2.05, 4.69) is 31.4 Å². The number of hydrogen-bond donors (Lipinski definition) is 2. The number of benzene rings is 2. The molecule has 0 saturated heterocycles. The Balaban J connectivity index is 1.80. The molecule has 0 unspecified atom stereocenters. The van der Waals surface area contributed by atoms with Gasteiger partial charge in [-0.15, -0.1) is 0 Å². The van der Waals surface area contributed by atoms with Crippen molar-refractivity contribution >= 4 is 35.0 Å².